The van der Waals surface area contributed by atoms with Crippen LogP contribution in [0.2, 0.25) is 0 Å². The van der Waals surface area contributed by atoms with Gasteiger partial charge in [-0.05, 0) is 52.4 Å². The second-order valence-corrected chi connectivity index (χ2v) is 6.92. The van der Waals surface area contributed by atoms with Crippen molar-refractivity contribution in [3.63, 3.8) is 0 Å². The molecule has 1 N–H and O–H groups in total. The van der Waals surface area contributed by atoms with Gasteiger partial charge in [-0.25, -0.2) is 4.79 Å². The van der Waals surface area contributed by atoms with E-state index < -0.39 is 11.6 Å². The summed E-state index contributed by atoms with van der Waals surface area (Å²) in [6, 6.07) is 0.0356. The number of rotatable bonds is 1. The van der Waals surface area contributed by atoms with E-state index in [9.17, 15) is 14.7 Å². The summed E-state index contributed by atoms with van der Waals surface area (Å²) < 4.78 is 5.46. The molecule has 5 nitrogen and oxygen atoms in total. The summed E-state index contributed by atoms with van der Waals surface area (Å²) in [5.41, 5.74) is -0.509. The van der Waals surface area contributed by atoms with E-state index in [1.807, 2.05) is 20.8 Å². The van der Waals surface area contributed by atoms with Crippen LogP contribution < -0.4 is 0 Å². The van der Waals surface area contributed by atoms with E-state index in [4.69, 9.17) is 4.74 Å². The van der Waals surface area contributed by atoms with Gasteiger partial charge in [-0.15, -0.1) is 0 Å². The van der Waals surface area contributed by atoms with Gasteiger partial charge < -0.3 is 14.7 Å². The maximum atomic E-state index is 12.3. The highest BCUT2D eigenvalue weighted by molar-refractivity contribution is 5.72. The number of fused-ring (bicyclic) bond motifs is 1. The smallest absolute Gasteiger partial charge is 0.410 e. The van der Waals surface area contributed by atoms with E-state index in [1.54, 1.807) is 4.90 Å². The van der Waals surface area contributed by atoms with Crippen molar-refractivity contribution in [2.45, 2.75) is 64.5 Å². The molecule has 0 radical (unpaired) electrons. The summed E-state index contributed by atoms with van der Waals surface area (Å²) in [6.45, 7) is 6.25. The SMILES string of the molecule is CC(C)(C)OC(=O)N1CCCC2C(C(=O)O)CCCC21. The lowest BCUT2D eigenvalue weighted by atomic mass is 9.71. The number of nitrogens with zero attached hydrogens (tertiary/aromatic N) is 1. The number of hydrogen-bond donors (Lipinski definition) is 1. The zero-order valence-corrected chi connectivity index (χ0v) is 12.6. The summed E-state index contributed by atoms with van der Waals surface area (Å²) in [5.74, 6) is -0.938. The van der Waals surface area contributed by atoms with Crippen LogP contribution in [0.1, 0.15) is 52.9 Å². The lowest BCUT2D eigenvalue weighted by Gasteiger charge is -2.46. The maximum Gasteiger partial charge on any atom is 0.410 e. The summed E-state index contributed by atoms with van der Waals surface area (Å²) >= 11 is 0. The molecule has 0 aromatic carbocycles. The quantitative estimate of drug-likeness (QED) is 0.803. The Morgan fingerprint density at radius 2 is 1.85 bits per heavy atom. The zero-order valence-electron chi connectivity index (χ0n) is 12.6. The molecular formula is C15H25NO4. The minimum absolute atomic E-state index is 0.0356. The van der Waals surface area contributed by atoms with Crippen LogP contribution in [0.25, 0.3) is 0 Å². The summed E-state index contributed by atoms with van der Waals surface area (Å²) in [6.07, 6.45) is 3.98. The highest BCUT2D eigenvalue weighted by atomic mass is 16.6. The molecule has 20 heavy (non-hydrogen) atoms. The number of carbonyl (C=O) groups excluding carboxylic acids is 1. The van der Waals surface area contributed by atoms with Gasteiger partial charge in [0.05, 0.1) is 5.92 Å². The first-order chi connectivity index (χ1) is 9.29. The van der Waals surface area contributed by atoms with E-state index in [0.717, 1.165) is 32.1 Å². The van der Waals surface area contributed by atoms with Crippen LogP contribution in [0.4, 0.5) is 4.79 Å². The molecule has 1 saturated carbocycles. The van der Waals surface area contributed by atoms with Gasteiger partial charge in [0.25, 0.3) is 0 Å². The Morgan fingerprint density at radius 3 is 2.45 bits per heavy atom. The van der Waals surface area contributed by atoms with E-state index in [0.29, 0.717) is 6.54 Å². The van der Waals surface area contributed by atoms with Gasteiger partial charge in [0.1, 0.15) is 5.60 Å². The Hall–Kier alpha value is -1.26. The third kappa shape index (κ3) is 3.25. The first-order valence-electron chi connectivity index (χ1n) is 7.52. The molecule has 0 aromatic rings. The van der Waals surface area contributed by atoms with Crippen molar-refractivity contribution in [3.8, 4) is 0 Å². The van der Waals surface area contributed by atoms with Gasteiger partial charge in [0.15, 0.2) is 0 Å². The van der Waals surface area contributed by atoms with Gasteiger partial charge in [0, 0.05) is 12.6 Å². The third-order valence-electron chi connectivity index (χ3n) is 4.31. The van der Waals surface area contributed by atoms with Crippen molar-refractivity contribution in [3.05, 3.63) is 0 Å². The largest absolute Gasteiger partial charge is 0.481 e. The van der Waals surface area contributed by atoms with Crippen molar-refractivity contribution < 1.29 is 19.4 Å². The fourth-order valence-corrected chi connectivity index (χ4v) is 3.54. The van der Waals surface area contributed by atoms with Crippen molar-refractivity contribution in [1.29, 1.82) is 0 Å². The molecule has 3 atom stereocenters. The molecule has 1 aliphatic heterocycles. The van der Waals surface area contributed by atoms with Gasteiger partial charge in [-0.3, -0.25) is 4.79 Å². The lowest BCUT2D eigenvalue weighted by Crippen LogP contribution is -2.54. The number of aliphatic carboxylic acids is 1. The molecule has 1 amide bonds. The standard InChI is InChI=1S/C15H25NO4/c1-15(2,3)20-14(19)16-9-5-7-10-11(13(17)18)6-4-8-12(10)16/h10-12H,4-9H2,1-3H3,(H,17,18). The fourth-order valence-electron chi connectivity index (χ4n) is 3.54. The molecule has 1 heterocycles. The number of carboxylic acid groups (broad SMARTS) is 1. The topological polar surface area (TPSA) is 66.8 Å². The van der Waals surface area contributed by atoms with Gasteiger partial charge in [0.2, 0.25) is 0 Å². The summed E-state index contributed by atoms with van der Waals surface area (Å²) in [4.78, 5) is 25.5. The maximum absolute atomic E-state index is 12.3. The molecule has 114 valence electrons. The minimum atomic E-state index is -0.717. The lowest BCUT2D eigenvalue weighted by molar-refractivity contribution is -0.147. The average Bonchev–Trinajstić information content (AvgIpc) is 2.35. The van der Waals surface area contributed by atoms with Crippen LogP contribution in [0.5, 0.6) is 0 Å². The molecule has 1 saturated heterocycles. The molecule has 0 bridgehead atoms. The van der Waals surface area contributed by atoms with Crippen LogP contribution in [-0.2, 0) is 9.53 Å². The molecule has 2 fully saturated rings. The van der Waals surface area contributed by atoms with Crippen LogP contribution in [0.15, 0.2) is 0 Å². The molecule has 3 unspecified atom stereocenters. The van der Waals surface area contributed by atoms with E-state index in [1.165, 1.54) is 0 Å². The second kappa shape index (κ2) is 5.62. The summed E-state index contributed by atoms with van der Waals surface area (Å²) in [7, 11) is 0. The highest BCUT2D eigenvalue weighted by Gasteiger charge is 2.44. The number of carboxylic acids is 1. The second-order valence-electron chi connectivity index (χ2n) is 6.92. The number of likely N-dealkylation sites (tertiary alicyclic amines) is 1. The first kappa shape index (κ1) is 15.1. The van der Waals surface area contributed by atoms with Gasteiger partial charge >= 0.3 is 12.1 Å². The fraction of sp³-hybridized carbons (Fsp3) is 0.867. The van der Waals surface area contributed by atoms with Gasteiger partial charge in [-0.2, -0.15) is 0 Å². The average molecular weight is 283 g/mol. The van der Waals surface area contributed by atoms with Crippen molar-refractivity contribution >= 4 is 12.1 Å². The van der Waals surface area contributed by atoms with Crippen LogP contribution in [0.3, 0.4) is 0 Å². The van der Waals surface area contributed by atoms with Crippen LogP contribution in [0, 0.1) is 11.8 Å². The summed E-state index contributed by atoms with van der Waals surface area (Å²) in [5, 5.41) is 9.35. The first-order valence-corrected chi connectivity index (χ1v) is 7.52. The zero-order chi connectivity index (χ0) is 14.9. The molecule has 0 aromatic heterocycles. The molecular weight excluding hydrogens is 258 g/mol. The normalized spacial score (nSPS) is 30.6. The monoisotopic (exact) mass is 283 g/mol. The Bertz CT molecular complexity index is 388. The number of amides is 1. The van der Waals surface area contributed by atoms with Gasteiger partial charge in [-0.1, -0.05) is 6.42 Å². The molecule has 5 heteroatoms. The number of piperidine rings is 1. The number of carbonyl (C=O) groups is 2. The highest BCUT2D eigenvalue weighted by Crippen LogP contribution is 2.39. The molecule has 2 aliphatic rings. The Kier molecular flexibility index (Phi) is 4.25. The van der Waals surface area contributed by atoms with Crippen LogP contribution >= 0.6 is 0 Å². The Morgan fingerprint density at radius 1 is 1.15 bits per heavy atom. The van der Waals surface area contributed by atoms with Crippen molar-refractivity contribution in [1.82, 2.24) is 4.90 Å². The van der Waals surface area contributed by atoms with E-state index in [-0.39, 0.29) is 24.0 Å². The van der Waals surface area contributed by atoms with E-state index in [2.05, 4.69) is 0 Å². The van der Waals surface area contributed by atoms with E-state index >= 15 is 0 Å². The van der Waals surface area contributed by atoms with Crippen molar-refractivity contribution in [2.75, 3.05) is 6.54 Å². The third-order valence-corrected chi connectivity index (χ3v) is 4.31. The predicted octanol–water partition coefficient (Wildman–Crippen LogP) is 2.89. The Labute approximate surface area is 120 Å². The Balaban J connectivity index is 2.11. The number of ether oxygens (including phenoxy) is 1. The number of hydrogen-bond acceptors (Lipinski definition) is 3. The molecule has 0 spiro atoms. The molecule has 2 rings (SSSR count). The molecule has 1 aliphatic carbocycles. The van der Waals surface area contributed by atoms with Crippen LogP contribution in [-0.4, -0.2) is 40.3 Å². The van der Waals surface area contributed by atoms with Crippen molar-refractivity contribution in [2.24, 2.45) is 11.8 Å². The predicted molar refractivity (Wildman–Crippen MR) is 74.4 cm³/mol. The minimum Gasteiger partial charge on any atom is -0.481 e.